The maximum Gasteiger partial charge on any atom is 0.305 e. The van der Waals surface area contributed by atoms with Crippen molar-refractivity contribution in [2.75, 3.05) is 6.54 Å². The van der Waals surface area contributed by atoms with E-state index in [0.717, 1.165) is 30.6 Å². The summed E-state index contributed by atoms with van der Waals surface area (Å²) in [6.45, 7) is 8.02. The second-order valence-corrected chi connectivity index (χ2v) is 7.72. The number of unbranched alkanes of at least 4 members (excludes halogenated alkanes) is 1. The van der Waals surface area contributed by atoms with E-state index in [9.17, 15) is 13.2 Å². The minimum atomic E-state index is -3.57. The topological polar surface area (TPSA) is 70.2 Å². The molecule has 0 radical (unpaired) electrons. The van der Waals surface area contributed by atoms with Crippen molar-refractivity contribution in [3.63, 3.8) is 0 Å². The van der Waals surface area contributed by atoms with Crippen LogP contribution in [0.15, 0.2) is 9.00 Å². The first-order chi connectivity index (χ1) is 8.84. The SMILES string of the molecule is CCCCN(C(C)CC)S(=O)(=O)c1sc(=O)[nH]c1C. The molecule has 1 atom stereocenters. The lowest BCUT2D eigenvalue weighted by Gasteiger charge is -2.27. The van der Waals surface area contributed by atoms with Crippen molar-refractivity contribution in [3.05, 3.63) is 15.4 Å². The molecule has 110 valence electrons. The number of thiazole rings is 1. The van der Waals surface area contributed by atoms with Gasteiger partial charge in [0.25, 0.3) is 10.0 Å². The van der Waals surface area contributed by atoms with Crippen LogP contribution < -0.4 is 4.87 Å². The normalized spacial score (nSPS) is 13.9. The molecular formula is C12H22N2O3S2. The number of nitrogens with zero attached hydrogens (tertiary/aromatic N) is 1. The highest BCUT2D eigenvalue weighted by Gasteiger charge is 2.31. The van der Waals surface area contributed by atoms with Crippen LogP contribution in [0.3, 0.4) is 0 Å². The van der Waals surface area contributed by atoms with E-state index < -0.39 is 10.0 Å². The first kappa shape index (κ1) is 16.4. The van der Waals surface area contributed by atoms with Crippen molar-refractivity contribution in [1.29, 1.82) is 0 Å². The smallest absolute Gasteiger partial charge is 0.305 e. The van der Waals surface area contributed by atoms with Gasteiger partial charge >= 0.3 is 4.87 Å². The lowest BCUT2D eigenvalue weighted by atomic mass is 10.2. The van der Waals surface area contributed by atoms with Gasteiger partial charge in [-0.15, -0.1) is 0 Å². The van der Waals surface area contributed by atoms with Crippen LogP contribution in [0.5, 0.6) is 0 Å². The molecule has 1 unspecified atom stereocenters. The van der Waals surface area contributed by atoms with E-state index in [2.05, 4.69) is 4.98 Å². The Bertz CT molecular complexity index is 560. The Labute approximate surface area is 118 Å². The predicted octanol–water partition coefficient (Wildman–Crippen LogP) is 2.33. The van der Waals surface area contributed by atoms with E-state index in [4.69, 9.17) is 0 Å². The molecule has 0 bridgehead atoms. The Hall–Kier alpha value is -0.660. The largest absolute Gasteiger partial charge is 0.315 e. The van der Waals surface area contributed by atoms with E-state index in [1.54, 1.807) is 6.92 Å². The fourth-order valence-corrected chi connectivity index (χ4v) is 4.99. The number of hydrogen-bond donors (Lipinski definition) is 1. The third-order valence-corrected chi connectivity index (χ3v) is 6.73. The van der Waals surface area contributed by atoms with E-state index in [-0.39, 0.29) is 15.1 Å². The minimum Gasteiger partial charge on any atom is -0.315 e. The molecule has 0 saturated carbocycles. The standard InChI is InChI=1S/C12H22N2O3S2/c1-5-7-8-14(9(3)6-2)19(16,17)11-10(4)13-12(15)18-11/h9H,5-8H2,1-4H3,(H,13,15). The number of aromatic amines is 1. The third-order valence-electron chi connectivity index (χ3n) is 3.14. The Morgan fingerprint density at radius 1 is 1.37 bits per heavy atom. The van der Waals surface area contributed by atoms with Crippen LogP contribution in [0.2, 0.25) is 0 Å². The average Bonchev–Trinajstić information content (AvgIpc) is 2.69. The number of aryl methyl sites for hydroxylation is 1. The molecule has 1 rings (SSSR count). The van der Waals surface area contributed by atoms with Crippen LogP contribution >= 0.6 is 11.3 Å². The molecule has 1 heterocycles. The van der Waals surface area contributed by atoms with Gasteiger partial charge in [-0.1, -0.05) is 31.6 Å². The zero-order chi connectivity index (χ0) is 14.6. The van der Waals surface area contributed by atoms with E-state index in [0.29, 0.717) is 12.2 Å². The molecule has 0 fully saturated rings. The van der Waals surface area contributed by atoms with Crippen LogP contribution in [0, 0.1) is 6.92 Å². The number of hydrogen-bond acceptors (Lipinski definition) is 4. The molecule has 0 aliphatic rings. The summed E-state index contributed by atoms with van der Waals surface area (Å²) in [5, 5.41) is 0. The molecule has 1 aromatic rings. The average molecular weight is 306 g/mol. The molecule has 0 aliphatic heterocycles. The predicted molar refractivity (Wildman–Crippen MR) is 78.2 cm³/mol. The fourth-order valence-electron chi connectivity index (χ4n) is 1.84. The van der Waals surface area contributed by atoms with Gasteiger partial charge in [0.2, 0.25) is 0 Å². The highest BCUT2D eigenvalue weighted by molar-refractivity contribution is 7.91. The molecule has 0 amide bonds. The summed E-state index contributed by atoms with van der Waals surface area (Å²) in [5.74, 6) is 0. The van der Waals surface area contributed by atoms with Gasteiger partial charge in [-0.3, -0.25) is 4.79 Å². The van der Waals surface area contributed by atoms with Crippen LogP contribution in [0.25, 0.3) is 0 Å². The molecule has 1 aromatic heterocycles. The van der Waals surface area contributed by atoms with Crippen LogP contribution in [0.4, 0.5) is 0 Å². The summed E-state index contributed by atoms with van der Waals surface area (Å²) in [4.78, 5) is 13.5. The molecule has 5 nitrogen and oxygen atoms in total. The van der Waals surface area contributed by atoms with Crippen LogP contribution in [-0.4, -0.2) is 30.3 Å². The lowest BCUT2D eigenvalue weighted by Crippen LogP contribution is -2.38. The van der Waals surface area contributed by atoms with Gasteiger partial charge < -0.3 is 4.98 Å². The first-order valence-corrected chi connectivity index (χ1v) is 8.81. The summed E-state index contributed by atoms with van der Waals surface area (Å²) in [5.41, 5.74) is 0.430. The molecule has 1 N–H and O–H groups in total. The lowest BCUT2D eigenvalue weighted by molar-refractivity contribution is 0.325. The van der Waals surface area contributed by atoms with E-state index in [1.165, 1.54) is 4.31 Å². The number of H-pyrrole nitrogens is 1. The van der Waals surface area contributed by atoms with E-state index >= 15 is 0 Å². The zero-order valence-corrected chi connectivity index (χ0v) is 13.5. The van der Waals surface area contributed by atoms with Crippen molar-refractivity contribution >= 4 is 21.4 Å². The maximum absolute atomic E-state index is 12.7. The summed E-state index contributed by atoms with van der Waals surface area (Å²) in [6, 6.07) is -0.0619. The molecule has 0 spiro atoms. The molecule has 0 saturated heterocycles. The van der Waals surface area contributed by atoms with Gasteiger partial charge in [0.15, 0.2) is 4.21 Å². The Balaban J connectivity index is 3.19. The van der Waals surface area contributed by atoms with Gasteiger partial charge in [0.05, 0.1) is 0 Å². The van der Waals surface area contributed by atoms with Gasteiger partial charge in [-0.05, 0) is 26.7 Å². The number of sulfonamides is 1. The minimum absolute atomic E-state index is 0.0619. The molecular weight excluding hydrogens is 284 g/mol. The van der Waals surface area contributed by atoms with Crippen molar-refractivity contribution in [2.24, 2.45) is 0 Å². The summed E-state index contributed by atoms with van der Waals surface area (Å²) in [7, 11) is -3.57. The molecule has 0 aromatic carbocycles. The van der Waals surface area contributed by atoms with Gasteiger partial charge in [0.1, 0.15) is 0 Å². The monoisotopic (exact) mass is 306 g/mol. The van der Waals surface area contributed by atoms with E-state index in [1.807, 2.05) is 20.8 Å². The number of nitrogens with one attached hydrogen (secondary N) is 1. The summed E-state index contributed by atoms with van der Waals surface area (Å²) < 4.78 is 27.0. The molecule has 19 heavy (non-hydrogen) atoms. The maximum atomic E-state index is 12.7. The van der Waals surface area contributed by atoms with Gasteiger partial charge in [0, 0.05) is 18.3 Å². The van der Waals surface area contributed by atoms with Gasteiger partial charge in [-0.2, -0.15) is 4.31 Å². The Morgan fingerprint density at radius 3 is 2.42 bits per heavy atom. The van der Waals surface area contributed by atoms with Crippen LogP contribution in [0.1, 0.15) is 45.7 Å². The van der Waals surface area contributed by atoms with Crippen LogP contribution in [-0.2, 0) is 10.0 Å². The van der Waals surface area contributed by atoms with Crippen molar-refractivity contribution in [2.45, 2.75) is 57.2 Å². The van der Waals surface area contributed by atoms with Gasteiger partial charge in [-0.25, -0.2) is 8.42 Å². The third kappa shape index (κ3) is 3.67. The number of aromatic nitrogens is 1. The fraction of sp³-hybridized carbons (Fsp3) is 0.750. The summed E-state index contributed by atoms with van der Waals surface area (Å²) in [6.07, 6.45) is 2.51. The summed E-state index contributed by atoms with van der Waals surface area (Å²) >= 11 is 0.770. The zero-order valence-electron chi connectivity index (χ0n) is 11.9. The highest BCUT2D eigenvalue weighted by Crippen LogP contribution is 2.24. The highest BCUT2D eigenvalue weighted by atomic mass is 32.2. The quantitative estimate of drug-likeness (QED) is 0.840. The van der Waals surface area contributed by atoms with Crippen molar-refractivity contribution < 1.29 is 8.42 Å². The molecule has 7 heteroatoms. The number of rotatable bonds is 7. The van der Waals surface area contributed by atoms with Crippen molar-refractivity contribution in [1.82, 2.24) is 9.29 Å². The van der Waals surface area contributed by atoms with Crippen molar-refractivity contribution in [3.8, 4) is 0 Å². The second kappa shape index (κ2) is 6.67. The Kier molecular flexibility index (Phi) is 5.76. The second-order valence-electron chi connectivity index (χ2n) is 4.65. The Morgan fingerprint density at radius 2 is 2.00 bits per heavy atom. The first-order valence-electron chi connectivity index (χ1n) is 6.56. The molecule has 0 aliphatic carbocycles.